The van der Waals surface area contributed by atoms with Gasteiger partial charge in [0, 0.05) is 22.0 Å². The number of thiophene rings is 1. The van der Waals surface area contributed by atoms with Crippen molar-refractivity contribution in [3.63, 3.8) is 0 Å². The average molecular weight is 419 g/mol. The van der Waals surface area contributed by atoms with Gasteiger partial charge in [-0.15, -0.1) is 16.4 Å². The smallest absolute Gasteiger partial charge is 0.279 e. The average Bonchev–Trinajstić information content (AvgIpc) is 3.02. The molecule has 0 saturated heterocycles. The van der Waals surface area contributed by atoms with Crippen LogP contribution in [-0.4, -0.2) is 26.5 Å². The number of carbonyl (C=O) groups is 1. The van der Waals surface area contributed by atoms with E-state index in [-0.39, 0.29) is 23.6 Å². The molecule has 4 rings (SSSR count). The number of aromatic nitrogens is 3. The van der Waals surface area contributed by atoms with Crippen LogP contribution in [-0.2, 0) is 29.1 Å². The van der Waals surface area contributed by atoms with E-state index in [1.807, 2.05) is 6.92 Å². The van der Waals surface area contributed by atoms with Crippen LogP contribution in [0.5, 0.6) is 0 Å². The standard InChI is InChI=1S/C19H19ClN4O3S/c1-3-19(2)8-13-14(10-27-19)28-17-16(13)18(26)24(23-22-17)9-15(25)21-12-6-4-5-11(20)7-12/h4-7H,3,8-10H2,1-2H3,(H,21,25)/t19-/m1/s1. The second kappa shape index (κ2) is 7.27. The zero-order valence-electron chi connectivity index (χ0n) is 15.5. The van der Waals surface area contributed by atoms with Crippen molar-refractivity contribution in [3.8, 4) is 0 Å². The van der Waals surface area contributed by atoms with Crippen LogP contribution in [0.4, 0.5) is 5.69 Å². The topological polar surface area (TPSA) is 86.1 Å². The van der Waals surface area contributed by atoms with Gasteiger partial charge in [0.25, 0.3) is 5.56 Å². The number of benzene rings is 1. The Bertz CT molecular complexity index is 1130. The number of carbonyl (C=O) groups excluding carboxylic acids is 1. The van der Waals surface area contributed by atoms with E-state index in [9.17, 15) is 9.59 Å². The predicted octanol–water partition coefficient (Wildman–Crippen LogP) is 3.39. The molecule has 0 spiro atoms. The molecular formula is C19H19ClN4O3S. The number of nitrogens with one attached hydrogen (secondary N) is 1. The monoisotopic (exact) mass is 418 g/mol. The molecule has 7 nitrogen and oxygen atoms in total. The van der Waals surface area contributed by atoms with Crippen molar-refractivity contribution in [2.24, 2.45) is 0 Å². The van der Waals surface area contributed by atoms with E-state index in [0.29, 0.717) is 34.0 Å². The maximum atomic E-state index is 13.0. The number of ether oxygens (including phenoxy) is 1. The summed E-state index contributed by atoms with van der Waals surface area (Å²) in [5, 5.41) is 11.9. The van der Waals surface area contributed by atoms with E-state index in [2.05, 4.69) is 22.6 Å². The Kier molecular flexibility index (Phi) is 4.95. The van der Waals surface area contributed by atoms with Crippen LogP contribution >= 0.6 is 22.9 Å². The largest absolute Gasteiger partial charge is 0.369 e. The first-order valence-corrected chi connectivity index (χ1v) is 10.2. The molecule has 2 aromatic heterocycles. The Morgan fingerprint density at radius 2 is 2.29 bits per heavy atom. The molecule has 0 radical (unpaired) electrons. The molecule has 28 heavy (non-hydrogen) atoms. The SMILES string of the molecule is CC[C@]1(C)Cc2c(sc3nnn(CC(=O)Nc4cccc(Cl)c4)c(=O)c23)CO1. The second-order valence-electron chi connectivity index (χ2n) is 7.06. The third kappa shape index (κ3) is 3.55. The van der Waals surface area contributed by atoms with Crippen molar-refractivity contribution in [2.75, 3.05) is 5.32 Å². The van der Waals surface area contributed by atoms with E-state index in [1.54, 1.807) is 24.3 Å². The van der Waals surface area contributed by atoms with Crippen LogP contribution in [0.25, 0.3) is 10.2 Å². The van der Waals surface area contributed by atoms with Crippen molar-refractivity contribution in [1.82, 2.24) is 15.0 Å². The fourth-order valence-corrected chi connectivity index (χ4v) is 4.48. The Balaban J connectivity index is 1.64. The van der Waals surface area contributed by atoms with E-state index in [4.69, 9.17) is 16.3 Å². The van der Waals surface area contributed by atoms with Crippen LogP contribution in [0.3, 0.4) is 0 Å². The molecule has 9 heteroatoms. The summed E-state index contributed by atoms with van der Waals surface area (Å²) in [6.45, 7) is 4.36. The number of rotatable bonds is 4. The number of halogens is 1. The summed E-state index contributed by atoms with van der Waals surface area (Å²) in [5.41, 5.74) is 0.929. The molecule has 1 atom stereocenters. The highest BCUT2D eigenvalue weighted by Crippen LogP contribution is 2.37. The summed E-state index contributed by atoms with van der Waals surface area (Å²) >= 11 is 7.36. The van der Waals surface area contributed by atoms with Gasteiger partial charge in [-0.1, -0.05) is 29.8 Å². The summed E-state index contributed by atoms with van der Waals surface area (Å²) in [4.78, 5) is 27.0. The molecular weight excluding hydrogens is 400 g/mol. The van der Waals surface area contributed by atoms with Gasteiger partial charge in [-0.3, -0.25) is 9.59 Å². The van der Waals surface area contributed by atoms with Gasteiger partial charge < -0.3 is 10.1 Å². The zero-order valence-corrected chi connectivity index (χ0v) is 17.1. The zero-order chi connectivity index (χ0) is 19.9. The minimum atomic E-state index is -0.371. The Morgan fingerprint density at radius 3 is 3.04 bits per heavy atom. The molecule has 1 aromatic carbocycles. The van der Waals surface area contributed by atoms with Gasteiger partial charge in [-0.05, 0) is 37.1 Å². The highest BCUT2D eigenvalue weighted by atomic mass is 35.5. The van der Waals surface area contributed by atoms with Crippen molar-refractivity contribution in [1.29, 1.82) is 0 Å². The lowest BCUT2D eigenvalue weighted by Crippen LogP contribution is -2.35. The highest BCUT2D eigenvalue weighted by Gasteiger charge is 2.33. The molecule has 1 N–H and O–H groups in total. The van der Waals surface area contributed by atoms with E-state index < -0.39 is 0 Å². The molecule has 0 aliphatic carbocycles. The van der Waals surface area contributed by atoms with Crippen LogP contribution < -0.4 is 10.9 Å². The lowest BCUT2D eigenvalue weighted by Gasteiger charge is -2.32. The third-order valence-electron chi connectivity index (χ3n) is 5.02. The maximum Gasteiger partial charge on any atom is 0.279 e. The maximum absolute atomic E-state index is 13.0. The third-order valence-corrected chi connectivity index (χ3v) is 6.34. The van der Waals surface area contributed by atoms with Crippen molar-refractivity contribution in [3.05, 3.63) is 50.1 Å². The molecule has 1 amide bonds. The van der Waals surface area contributed by atoms with Crippen LogP contribution in [0.2, 0.25) is 5.02 Å². The molecule has 1 aliphatic rings. The molecule has 0 bridgehead atoms. The van der Waals surface area contributed by atoms with Gasteiger partial charge in [0.2, 0.25) is 5.91 Å². The van der Waals surface area contributed by atoms with Crippen LogP contribution in [0.1, 0.15) is 30.7 Å². The molecule has 0 saturated carbocycles. The molecule has 146 valence electrons. The second-order valence-corrected chi connectivity index (χ2v) is 8.58. The molecule has 0 unspecified atom stereocenters. The number of hydrogen-bond donors (Lipinski definition) is 1. The summed E-state index contributed by atoms with van der Waals surface area (Å²) in [7, 11) is 0. The number of fused-ring (bicyclic) bond motifs is 3. The predicted molar refractivity (Wildman–Crippen MR) is 109 cm³/mol. The summed E-state index contributed by atoms with van der Waals surface area (Å²) in [5.74, 6) is -0.371. The summed E-state index contributed by atoms with van der Waals surface area (Å²) < 4.78 is 7.06. The number of amides is 1. The van der Waals surface area contributed by atoms with Crippen molar-refractivity contribution >= 4 is 44.7 Å². The number of anilines is 1. The number of nitrogens with zero attached hydrogens (tertiary/aromatic N) is 3. The minimum Gasteiger partial charge on any atom is -0.369 e. The first-order valence-electron chi connectivity index (χ1n) is 8.96. The van der Waals surface area contributed by atoms with Gasteiger partial charge in [-0.25, -0.2) is 4.68 Å². The van der Waals surface area contributed by atoms with Gasteiger partial charge >= 0.3 is 0 Å². The van der Waals surface area contributed by atoms with Crippen LogP contribution in [0, 0.1) is 0 Å². The summed E-state index contributed by atoms with van der Waals surface area (Å²) in [6, 6.07) is 6.81. The first-order chi connectivity index (χ1) is 13.4. The highest BCUT2D eigenvalue weighted by molar-refractivity contribution is 7.18. The minimum absolute atomic E-state index is 0.222. The fraction of sp³-hybridized carbons (Fsp3) is 0.368. The normalized spacial score (nSPS) is 18.8. The Labute approximate surface area is 170 Å². The van der Waals surface area contributed by atoms with Gasteiger partial charge in [-0.2, -0.15) is 0 Å². The molecule has 3 aromatic rings. The van der Waals surface area contributed by atoms with Crippen molar-refractivity contribution in [2.45, 2.75) is 45.4 Å². The Morgan fingerprint density at radius 1 is 1.46 bits per heavy atom. The van der Waals surface area contributed by atoms with Crippen molar-refractivity contribution < 1.29 is 9.53 Å². The Hall–Kier alpha value is -2.29. The lowest BCUT2D eigenvalue weighted by atomic mass is 9.90. The van der Waals surface area contributed by atoms with Gasteiger partial charge in [0.05, 0.1) is 17.6 Å². The first kappa shape index (κ1) is 19.0. The lowest BCUT2D eigenvalue weighted by molar-refractivity contribution is -0.117. The van der Waals surface area contributed by atoms with E-state index in [0.717, 1.165) is 21.5 Å². The summed E-state index contributed by atoms with van der Waals surface area (Å²) in [6.07, 6.45) is 1.49. The molecule has 1 aliphatic heterocycles. The van der Waals surface area contributed by atoms with Crippen LogP contribution in [0.15, 0.2) is 29.1 Å². The molecule has 0 fully saturated rings. The quantitative estimate of drug-likeness (QED) is 0.701. The number of hydrogen-bond acceptors (Lipinski definition) is 6. The fourth-order valence-electron chi connectivity index (χ4n) is 3.25. The van der Waals surface area contributed by atoms with Gasteiger partial charge in [0.15, 0.2) is 4.83 Å². The van der Waals surface area contributed by atoms with E-state index in [1.165, 1.54) is 11.3 Å². The molecule has 3 heterocycles. The van der Waals surface area contributed by atoms with E-state index >= 15 is 0 Å². The van der Waals surface area contributed by atoms with Gasteiger partial charge in [0.1, 0.15) is 6.54 Å².